The van der Waals surface area contributed by atoms with Crippen molar-refractivity contribution in [2.45, 2.75) is 17.7 Å². The van der Waals surface area contributed by atoms with Crippen LogP contribution in [0.5, 0.6) is 0 Å². The van der Waals surface area contributed by atoms with Gasteiger partial charge in [-0.2, -0.15) is 4.31 Å². The van der Waals surface area contributed by atoms with Crippen molar-refractivity contribution in [1.82, 2.24) is 4.31 Å². The van der Waals surface area contributed by atoms with Gasteiger partial charge in [-0.25, -0.2) is 17.2 Å². The van der Waals surface area contributed by atoms with Gasteiger partial charge in [-0.3, -0.25) is 9.59 Å². The van der Waals surface area contributed by atoms with Gasteiger partial charge in [0.05, 0.1) is 4.90 Å². The summed E-state index contributed by atoms with van der Waals surface area (Å²) in [4.78, 5) is 24.8. The molecule has 0 atom stereocenters. The van der Waals surface area contributed by atoms with E-state index in [1.165, 1.54) is 77.1 Å². The van der Waals surface area contributed by atoms with Crippen molar-refractivity contribution in [2.75, 3.05) is 23.7 Å². The van der Waals surface area contributed by atoms with Gasteiger partial charge < -0.3 is 10.6 Å². The van der Waals surface area contributed by atoms with Crippen molar-refractivity contribution < 1.29 is 26.8 Å². The highest BCUT2D eigenvalue weighted by molar-refractivity contribution is 7.89. The zero-order chi connectivity index (χ0) is 25.0. The third kappa shape index (κ3) is 5.90. The first-order valence-electron chi connectivity index (χ1n) is 11.0. The number of nitrogens with zero attached hydrogens (tertiary/aromatic N) is 1. The van der Waals surface area contributed by atoms with E-state index in [0.29, 0.717) is 24.2 Å². The summed E-state index contributed by atoms with van der Waals surface area (Å²) in [6.07, 6.45) is 0.718. The number of rotatable bonds is 6. The zero-order valence-corrected chi connectivity index (χ0v) is 19.4. The number of sulfonamides is 1. The summed E-state index contributed by atoms with van der Waals surface area (Å²) >= 11 is 0. The standard InChI is InChI=1S/C25H23F2N3O4S/c26-19-3-1-17(2-4-19)24(31)29-22-9-11-23(12-10-22)35(33,34)30-15-13-18(14-16-30)25(32)28-21-7-5-20(27)6-8-21/h1-12,18H,13-16H2,(H,28,32)(H,29,31). The number of carbonyl (C=O) groups is 2. The molecule has 7 nitrogen and oxygen atoms in total. The van der Waals surface area contributed by atoms with Crippen LogP contribution in [0.3, 0.4) is 0 Å². The van der Waals surface area contributed by atoms with E-state index in [4.69, 9.17) is 0 Å². The topological polar surface area (TPSA) is 95.6 Å². The predicted octanol–water partition coefficient (Wildman–Crippen LogP) is 4.26. The van der Waals surface area contributed by atoms with Gasteiger partial charge in [0.1, 0.15) is 11.6 Å². The Labute approximate surface area is 201 Å². The number of hydrogen-bond donors (Lipinski definition) is 2. The third-order valence-electron chi connectivity index (χ3n) is 5.79. The van der Waals surface area contributed by atoms with Crippen molar-refractivity contribution >= 4 is 33.2 Å². The Hall–Kier alpha value is -3.63. The summed E-state index contributed by atoms with van der Waals surface area (Å²) in [6, 6.07) is 16.3. The lowest BCUT2D eigenvalue weighted by molar-refractivity contribution is -0.120. The third-order valence-corrected chi connectivity index (χ3v) is 7.71. The number of halogens is 2. The number of anilines is 2. The molecule has 2 N–H and O–H groups in total. The van der Waals surface area contributed by atoms with Gasteiger partial charge in [0.2, 0.25) is 15.9 Å². The molecule has 1 saturated heterocycles. The fourth-order valence-corrected chi connectivity index (χ4v) is 5.27. The second-order valence-corrected chi connectivity index (χ2v) is 10.1. The number of benzene rings is 3. The van der Waals surface area contributed by atoms with Crippen LogP contribution in [-0.4, -0.2) is 37.6 Å². The summed E-state index contributed by atoms with van der Waals surface area (Å²) in [5.41, 5.74) is 1.15. The highest BCUT2D eigenvalue weighted by atomic mass is 32.2. The molecule has 4 rings (SSSR count). The van der Waals surface area contributed by atoms with Crippen LogP contribution in [0.4, 0.5) is 20.2 Å². The van der Waals surface area contributed by atoms with Gasteiger partial charge in [0.25, 0.3) is 5.91 Å². The molecule has 1 heterocycles. The number of carbonyl (C=O) groups excluding carboxylic acids is 2. The molecule has 2 amide bonds. The smallest absolute Gasteiger partial charge is 0.255 e. The van der Waals surface area contributed by atoms with E-state index < -0.39 is 27.6 Å². The SMILES string of the molecule is O=C(Nc1ccc(S(=O)(=O)N2CCC(C(=O)Nc3ccc(F)cc3)CC2)cc1)c1ccc(F)cc1. The Morgan fingerprint density at radius 2 is 1.23 bits per heavy atom. The van der Waals surface area contributed by atoms with Crippen LogP contribution in [0.1, 0.15) is 23.2 Å². The van der Waals surface area contributed by atoms with Crippen LogP contribution in [-0.2, 0) is 14.8 Å². The van der Waals surface area contributed by atoms with Crippen molar-refractivity contribution in [1.29, 1.82) is 0 Å². The first-order chi connectivity index (χ1) is 16.7. The average Bonchev–Trinajstić information content (AvgIpc) is 2.86. The Kier molecular flexibility index (Phi) is 7.23. The molecular formula is C25H23F2N3O4S. The van der Waals surface area contributed by atoms with E-state index in [-0.39, 0.29) is 35.4 Å². The van der Waals surface area contributed by atoms with Crippen LogP contribution in [0.2, 0.25) is 0 Å². The Balaban J connectivity index is 1.34. The number of hydrogen-bond acceptors (Lipinski definition) is 4. The molecule has 35 heavy (non-hydrogen) atoms. The maximum atomic E-state index is 13.0. The molecule has 1 aliphatic rings. The minimum Gasteiger partial charge on any atom is -0.326 e. The Bertz CT molecular complexity index is 1300. The molecular weight excluding hydrogens is 476 g/mol. The summed E-state index contributed by atoms with van der Waals surface area (Å²) in [6.45, 7) is 0.375. The molecule has 0 unspecified atom stereocenters. The lowest BCUT2D eigenvalue weighted by Gasteiger charge is -2.30. The Morgan fingerprint density at radius 1 is 0.743 bits per heavy atom. The first-order valence-corrected chi connectivity index (χ1v) is 12.4. The molecule has 0 aromatic heterocycles. The van der Waals surface area contributed by atoms with E-state index in [1.54, 1.807) is 0 Å². The van der Waals surface area contributed by atoms with E-state index in [2.05, 4.69) is 10.6 Å². The monoisotopic (exact) mass is 499 g/mol. The highest BCUT2D eigenvalue weighted by Crippen LogP contribution is 2.26. The van der Waals surface area contributed by atoms with E-state index >= 15 is 0 Å². The number of amides is 2. The Morgan fingerprint density at radius 3 is 1.80 bits per heavy atom. The van der Waals surface area contributed by atoms with Crippen molar-refractivity contribution in [3.8, 4) is 0 Å². The van der Waals surface area contributed by atoms with Gasteiger partial charge in [0.15, 0.2) is 0 Å². The molecule has 0 saturated carbocycles. The van der Waals surface area contributed by atoms with Gasteiger partial charge >= 0.3 is 0 Å². The average molecular weight is 500 g/mol. The molecule has 3 aromatic carbocycles. The second-order valence-electron chi connectivity index (χ2n) is 8.16. The quantitative estimate of drug-likeness (QED) is 0.530. The fraction of sp³-hybridized carbons (Fsp3) is 0.200. The summed E-state index contributed by atoms with van der Waals surface area (Å²) < 4.78 is 53.5. The highest BCUT2D eigenvalue weighted by Gasteiger charge is 2.32. The van der Waals surface area contributed by atoms with Crippen LogP contribution >= 0.6 is 0 Å². The molecule has 1 aliphatic heterocycles. The normalized spacial score (nSPS) is 14.9. The molecule has 0 radical (unpaired) electrons. The molecule has 10 heteroatoms. The lowest BCUT2D eigenvalue weighted by Crippen LogP contribution is -2.41. The summed E-state index contributed by atoms with van der Waals surface area (Å²) in [5.74, 6) is -1.87. The van der Waals surface area contributed by atoms with Gasteiger partial charge in [-0.15, -0.1) is 0 Å². The maximum Gasteiger partial charge on any atom is 0.255 e. The van der Waals surface area contributed by atoms with Crippen molar-refractivity contribution in [2.24, 2.45) is 5.92 Å². The van der Waals surface area contributed by atoms with Crippen molar-refractivity contribution in [3.63, 3.8) is 0 Å². The largest absolute Gasteiger partial charge is 0.326 e. The minimum atomic E-state index is -3.77. The molecule has 1 fully saturated rings. The molecule has 0 aliphatic carbocycles. The zero-order valence-electron chi connectivity index (χ0n) is 18.6. The van der Waals surface area contributed by atoms with Crippen molar-refractivity contribution in [3.05, 3.63) is 90.0 Å². The molecule has 0 bridgehead atoms. The van der Waals surface area contributed by atoms with Crippen LogP contribution in [0.15, 0.2) is 77.7 Å². The maximum absolute atomic E-state index is 13.0. The summed E-state index contributed by atoms with van der Waals surface area (Å²) in [7, 11) is -3.77. The lowest BCUT2D eigenvalue weighted by atomic mass is 9.97. The van der Waals surface area contributed by atoms with Crippen LogP contribution < -0.4 is 10.6 Å². The minimum absolute atomic E-state index is 0.0755. The fourth-order valence-electron chi connectivity index (χ4n) is 3.80. The van der Waals surface area contributed by atoms with Gasteiger partial charge in [0, 0.05) is 35.9 Å². The molecule has 3 aromatic rings. The van der Waals surface area contributed by atoms with E-state index in [0.717, 1.165) is 0 Å². The van der Waals surface area contributed by atoms with Crippen LogP contribution in [0, 0.1) is 17.6 Å². The first kappa shape index (κ1) is 24.5. The molecule has 0 spiro atoms. The van der Waals surface area contributed by atoms with E-state index in [9.17, 15) is 26.8 Å². The molecule has 182 valence electrons. The van der Waals surface area contributed by atoms with E-state index in [1.807, 2.05) is 0 Å². The predicted molar refractivity (Wildman–Crippen MR) is 127 cm³/mol. The van der Waals surface area contributed by atoms with Crippen LogP contribution in [0.25, 0.3) is 0 Å². The second kappa shape index (κ2) is 10.3. The van der Waals surface area contributed by atoms with Gasteiger partial charge in [-0.05, 0) is 85.6 Å². The number of nitrogens with one attached hydrogen (secondary N) is 2. The number of piperidine rings is 1. The van der Waals surface area contributed by atoms with Gasteiger partial charge in [-0.1, -0.05) is 0 Å². The summed E-state index contributed by atoms with van der Waals surface area (Å²) in [5, 5.41) is 5.38.